The van der Waals surface area contributed by atoms with E-state index >= 15 is 0 Å². The van der Waals surface area contributed by atoms with E-state index in [4.69, 9.17) is 0 Å². The van der Waals surface area contributed by atoms with Crippen molar-refractivity contribution in [3.63, 3.8) is 0 Å². The molecule has 5 aromatic rings. The zero-order chi connectivity index (χ0) is 23.2. The molecule has 168 valence electrons. The summed E-state index contributed by atoms with van der Waals surface area (Å²) < 4.78 is 44.5. The smallest absolute Gasteiger partial charge is 0.350 e. The number of aromatic nitrogens is 5. The molecule has 1 N–H and O–H groups in total. The second-order valence-corrected chi connectivity index (χ2v) is 7.70. The van der Waals surface area contributed by atoms with E-state index in [1.807, 2.05) is 22.4 Å². The van der Waals surface area contributed by atoms with Crippen molar-refractivity contribution in [2.24, 2.45) is 7.05 Å². The number of nitrogens with zero attached hydrogens (tertiary/aromatic N) is 5. The highest BCUT2D eigenvalue weighted by Crippen LogP contribution is 2.34. The van der Waals surface area contributed by atoms with Gasteiger partial charge in [0.2, 0.25) is 0 Å². The van der Waals surface area contributed by atoms with E-state index in [0.29, 0.717) is 30.0 Å². The van der Waals surface area contributed by atoms with Crippen LogP contribution >= 0.6 is 0 Å². The van der Waals surface area contributed by atoms with Gasteiger partial charge in [-0.2, -0.15) is 13.2 Å². The third kappa shape index (κ3) is 3.73. The van der Waals surface area contributed by atoms with Gasteiger partial charge in [-0.3, -0.25) is 9.36 Å². The summed E-state index contributed by atoms with van der Waals surface area (Å²) in [4.78, 5) is 21.1. The summed E-state index contributed by atoms with van der Waals surface area (Å²) in [5.74, 6) is -0.213. The summed E-state index contributed by atoms with van der Waals surface area (Å²) in [6.07, 6.45) is 2.42. The molecule has 10 heteroatoms. The molecular weight excluding hydrogens is 433 g/mol. The minimum Gasteiger partial charge on any atom is -0.350 e. The number of rotatable bonds is 5. The molecule has 5 rings (SSSR count). The normalized spacial score (nSPS) is 12.0. The predicted octanol–water partition coefficient (Wildman–Crippen LogP) is 4.16. The van der Waals surface area contributed by atoms with Gasteiger partial charge in [0.15, 0.2) is 5.65 Å². The molecule has 1 amide bonds. The predicted molar refractivity (Wildman–Crippen MR) is 117 cm³/mol. The number of imidazole rings is 2. The van der Waals surface area contributed by atoms with Crippen molar-refractivity contribution in [2.75, 3.05) is 6.54 Å². The summed E-state index contributed by atoms with van der Waals surface area (Å²) in [5, 5.41) is 3.68. The maximum atomic E-state index is 13.0. The number of aryl methyl sites for hydroxylation is 1. The monoisotopic (exact) mass is 452 g/mol. The molecule has 0 aliphatic rings. The fourth-order valence-corrected chi connectivity index (χ4v) is 3.95. The number of carbonyl (C=O) groups is 1. The molecule has 3 aromatic heterocycles. The first-order valence-electron chi connectivity index (χ1n) is 10.2. The second-order valence-electron chi connectivity index (χ2n) is 7.70. The van der Waals surface area contributed by atoms with E-state index in [1.165, 1.54) is 12.1 Å². The van der Waals surface area contributed by atoms with Crippen molar-refractivity contribution < 1.29 is 18.0 Å². The standard InChI is InChI=1S/C23H19F3N6O/c1-30-14-29-21-20(30)18-12-15(22(33)28-9-11-31-10-8-27-13-31)2-7-19(18)32(21)17-5-3-16(4-6-17)23(24,25)26/h2-8,10,12-14H,9,11H2,1H3,(H,28,33). The van der Waals surface area contributed by atoms with Gasteiger partial charge in [0.25, 0.3) is 5.91 Å². The topological polar surface area (TPSA) is 69.7 Å². The number of halogens is 3. The van der Waals surface area contributed by atoms with Crippen LogP contribution in [0.1, 0.15) is 15.9 Å². The highest BCUT2D eigenvalue weighted by molar-refractivity contribution is 6.09. The average molecular weight is 452 g/mol. The van der Waals surface area contributed by atoms with Gasteiger partial charge in [0, 0.05) is 49.2 Å². The van der Waals surface area contributed by atoms with Gasteiger partial charge in [0.05, 0.1) is 29.3 Å². The quantitative estimate of drug-likeness (QED) is 0.435. The molecule has 0 radical (unpaired) electrons. The Hall–Kier alpha value is -4.08. The molecule has 0 spiro atoms. The summed E-state index contributed by atoms with van der Waals surface area (Å²) in [6.45, 7) is 1.05. The van der Waals surface area contributed by atoms with Crippen LogP contribution in [0.3, 0.4) is 0 Å². The van der Waals surface area contributed by atoms with Gasteiger partial charge in [-0.05, 0) is 42.5 Å². The summed E-state index contributed by atoms with van der Waals surface area (Å²) in [5.41, 5.74) is 2.47. The van der Waals surface area contributed by atoms with Gasteiger partial charge in [-0.1, -0.05) is 0 Å². The molecule has 3 heterocycles. The Morgan fingerprint density at radius 2 is 1.88 bits per heavy atom. The molecule has 0 aliphatic carbocycles. The first kappa shape index (κ1) is 20.8. The lowest BCUT2D eigenvalue weighted by atomic mass is 10.1. The highest BCUT2D eigenvalue weighted by Gasteiger charge is 2.30. The minimum atomic E-state index is -4.41. The third-order valence-corrected chi connectivity index (χ3v) is 5.55. The van der Waals surface area contributed by atoms with Crippen molar-refractivity contribution in [3.05, 3.63) is 78.6 Å². The molecule has 33 heavy (non-hydrogen) atoms. The van der Waals surface area contributed by atoms with Crippen molar-refractivity contribution in [1.29, 1.82) is 0 Å². The summed E-state index contributed by atoms with van der Waals surface area (Å²) >= 11 is 0. The van der Waals surface area contributed by atoms with E-state index < -0.39 is 11.7 Å². The molecule has 0 bridgehead atoms. The fraction of sp³-hybridized carbons (Fsp3) is 0.174. The maximum absolute atomic E-state index is 13.0. The van der Waals surface area contributed by atoms with Gasteiger partial charge >= 0.3 is 6.18 Å². The largest absolute Gasteiger partial charge is 0.416 e. The number of hydrogen-bond acceptors (Lipinski definition) is 3. The van der Waals surface area contributed by atoms with E-state index in [9.17, 15) is 18.0 Å². The Bertz CT molecular complexity index is 1450. The Morgan fingerprint density at radius 3 is 2.58 bits per heavy atom. The lowest BCUT2D eigenvalue weighted by molar-refractivity contribution is -0.137. The lowest BCUT2D eigenvalue weighted by Crippen LogP contribution is -2.26. The summed E-state index contributed by atoms with van der Waals surface area (Å²) in [7, 11) is 1.84. The van der Waals surface area contributed by atoms with E-state index in [1.54, 1.807) is 41.6 Å². The number of amides is 1. The van der Waals surface area contributed by atoms with Crippen molar-refractivity contribution in [2.45, 2.75) is 12.7 Å². The summed E-state index contributed by atoms with van der Waals surface area (Å²) in [6, 6.07) is 10.2. The minimum absolute atomic E-state index is 0.213. The maximum Gasteiger partial charge on any atom is 0.416 e. The van der Waals surface area contributed by atoms with Crippen LogP contribution in [0.4, 0.5) is 13.2 Å². The molecule has 0 saturated carbocycles. The molecule has 2 aromatic carbocycles. The van der Waals surface area contributed by atoms with E-state index in [0.717, 1.165) is 28.6 Å². The van der Waals surface area contributed by atoms with Gasteiger partial charge in [-0.15, -0.1) is 0 Å². The van der Waals surface area contributed by atoms with Crippen LogP contribution in [0.2, 0.25) is 0 Å². The zero-order valence-corrected chi connectivity index (χ0v) is 17.5. The molecule has 0 fully saturated rings. The Balaban J connectivity index is 1.51. The van der Waals surface area contributed by atoms with Crippen LogP contribution in [0.25, 0.3) is 27.8 Å². The molecule has 0 aliphatic heterocycles. The van der Waals surface area contributed by atoms with Crippen LogP contribution in [0, 0.1) is 0 Å². The zero-order valence-electron chi connectivity index (χ0n) is 17.5. The van der Waals surface area contributed by atoms with Crippen LogP contribution in [0.15, 0.2) is 67.5 Å². The van der Waals surface area contributed by atoms with Gasteiger partial charge in [0.1, 0.15) is 0 Å². The van der Waals surface area contributed by atoms with E-state index in [-0.39, 0.29) is 5.91 Å². The van der Waals surface area contributed by atoms with Crippen LogP contribution in [0.5, 0.6) is 0 Å². The number of alkyl halides is 3. The lowest BCUT2D eigenvalue weighted by Gasteiger charge is -2.10. The van der Waals surface area contributed by atoms with Gasteiger partial charge < -0.3 is 14.5 Å². The van der Waals surface area contributed by atoms with Crippen molar-refractivity contribution in [3.8, 4) is 5.69 Å². The molecule has 7 nitrogen and oxygen atoms in total. The number of benzene rings is 2. The second kappa shape index (κ2) is 7.80. The number of nitrogens with one attached hydrogen (secondary N) is 1. The number of fused-ring (bicyclic) bond motifs is 3. The first-order chi connectivity index (χ1) is 15.8. The molecule has 0 unspecified atom stereocenters. The van der Waals surface area contributed by atoms with Crippen LogP contribution < -0.4 is 5.32 Å². The highest BCUT2D eigenvalue weighted by atomic mass is 19.4. The molecular formula is C23H19F3N6O. The Morgan fingerprint density at radius 1 is 1.09 bits per heavy atom. The van der Waals surface area contributed by atoms with Gasteiger partial charge in [-0.25, -0.2) is 9.97 Å². The van der Waals surface area contributed by atoms with Crippen LogP contribution in [-0.2, 0) is 19.8 Å². The SMILES string of the molecule is Cn1cnc2c1c1cc(C(=O)NCCn3ccnc3)ccc1n2-c1ccc(C(F)(F)F)cc1. The first-order valence-corrected chi connectivity index (χ1v) is 10.2. The molecule has 0 atom stereocenters. The van der Waals surface area contributed by atoms with Crippen molar-refractivity contribution >= 4 is 28.0 Å². The van der Waals surface area contributed by atoms with Crippen molar-refractivity contribution in [1.82, 2.24) is 29.0 Å². The molecule has 0 saturated heterocycles. The third-order valence-electron chi connectivity index (χ3n) is 5.55. The Kier molecular flexibility index (Phi) is 4.92. The van der Waals surface area contributed by atoms with E-state index in [2.05, 4.69) is 15.3 Å². The average Bonchev–Trinajstić information content (AvgIpc) is 3.50. The fourth-order valence-electron chi connectivity index (χ4n) is 3.95. The number of carbonyl (C=O) groups excluding carboxylic acids is 1. The number of hydrogen-bond donors (Lipinski definition) is 1. The van der Waals surface area contributed by atoms with Crippen LogP contribution in [-0.4, -0.2) is 36.1 Å². The Labute approximate surface area is 186 Å².